The van der Waals surface area contributed by atoms with Gasteiger partial charge < -0.3 is 4.42 Å². The molecule has 1 aromatic heterocycles. The van der Waals surface area contributed by atoms with Crippen molar-refractivity contribution in [3.05, 3.63) is 35.6 Å². The minimum atomic E-state index is 0.594. The topological polar surface area (TPSA) is 30.2 Å². The van der Waals surface area contributed by atoms with Crippen LogP contribution in [0.1, 0.15) is 11.3 Å². The van der Waals surface area contributed by atoms with Crippen LogP contribution < -0.4 is 0 Å². The molecule has 0 aliphatic rings. The summed E-state index contributed by atoms with van der Waals surface area (Å²) in [5, 5.41) is 1.05. The molecule has 0 radical (unpaired) electrons. The van der Waals surface area contributed by atoms with Crippen LogP contribution >= 0.6 is 0 Å². The van der Waals surface area contributed by atoms with Crippen molar-refractivity contribution in [1.82, 2.24) is 0 Å². The minimum absolute atomic E-state index is 0.594. The third-order valence-corrected chi connectivity index (χ3v) is 2.07. The molecule has 1 heterocycles. The van der Waals surface area contributed by atoms with Crippen LogP contribution in [0.25, 0.3) is 17.0 Å². The average molecular weight is 172 g/mol. The summed E-state index contributed by atoms with van der Waals surface area (Å²) in [6.07, 6.45) is 1.31. The van der Waals surface area contributed by atoms with E-state index in [9.17, 15) is 4.79 Å². The fraction of sp³-hybridized carbons (Fsp3) is 0.0909. The summed E-state index contributed by atoms with van der Waals surface area (Å²) >= 11 is 0. The molecule has 1 aromatic carbocycles. The van der Waals surface area contributed by atoms with Crippen LogP contribution in [-0.2, 0) is 4.79 Å². The molecule has 2 aromatic rings. The highest BCUT2D eigenvalue weighted by Crippen LogP contribution is 2.24. The first-order valence-corrected chi connectivity index (χ1v) is 4.02. The van der Waals surface area contributed by atoms with Gasteiger partial charge in [0.25, 0.3) is 0 Å². The summed E-state index contributed by atoms with van der Waals surface area (Å²) in [4.78, 5) is 10.2. The Morgan fingerprint density at radius 2 is 2.15 bits per heavy atom. The summed E-state index contributed by atoms with van der Waals surface area (Å²) < 4.78 is 5.42. The molecule has 2 rings (SSSR count). The molecule has 0 aliphatic carbocycles. The molecule has 0 aliphatic heterocycles. The predicted molar refractivity (Wildman–Crippen MR) is 51.1 cm³/mol. The Labute approximate surface area is 75.5 Å². The summed E-state index contributed by atoms with van der Waals surface area (Å²) in [6.45, 7) is 1.93. The summed E-state index contributed by atoms with van der Waals surface area (Å²) in [5.41, 5.74) is 1.79. The Morgan fingerprint density at radius 1 is 1.38 bits per heavy atom. The first-order chi connectivity index (χ1) is 6.33. The smallest absolute Gasteiger partial charge is 0.142 e. The zero-order valence-corrected chi connectivity index (χ0v) is 7.20. The first-order valence-electron chi connectivity index (χ1n) is 4.02. The molecule has 0 N–H and O–H groups in total. The molecule has 0 saturated carbocycles. The van der Waals surface area contributed by atoms with Crippen LogP contribution in [-0.4, -0.2) is 5.94 Å². The van der Waals surface area contributed by atoms with Gasteiger partial charge in [-0.2, -0.15) is 0 Å². The number of rotatable bonds is 1. The van der Waals surface area contributed by atoms with Gasteiger partial charge in [0.15, 0.2) is 0 Å². The van der Waals surface area contributed by atoms with Crippen molar-refractivity contribution < 1.29 is 9.21 Å². The molecule has 0 spiro atoms. The minimum Gasteiger partial charge on any atom is -0.456 e. The quantitative estimate of drug-likeness (QED) is 0.619. The fourth-order valence-corrected chi connectivity index (χ4v) is 1.38. The van der Waals surface area contributed by atoms with Crippen LogP contribution in [0.3, 0.4) is 0 Å². The van der Waals surface area contributed by atoms with Gasteiger partial charge in [-0.25, -0.2) is 4.79 Å². The van der Waals surface area contributed by atoms with E-state index >= 15 is 0 Å². The van der Waals surface area contributed by atoms with Gasteiger partial charge in [0.2, 0.25) is 0 Å². The second-order valence-corrected chi connectivity index (χ2v) is 2.85. The second kappa shape index (κ2) is 2.92. The Bertz CT molecular complexity index is 488. The van der Waals surface area contributed by atoms with Crippen molar-refractivity contribution in [2.45, 2.75) is 6.92 Å². The van der Waals surface area contributed by atoms with Crippen LogP contribution in [0.4, 0.5) is 0 Å². The van der Waals surface area contributed by atoms with E-state index < -0.39 is 0 Å². The molecule has 13 heavy (non-hydrogen) atoms. The predicted octanol–water partition coefficient (Wildman–Crippen LogP) is 2.59. The van der Waals surface area contributed by atoms with Gasteiger partial charge in [0, 0.05) is 10.9 Å². The zero-order valence-electron chi connectivity index (χ0n) is 7.20. The number of hydrogen-bond donors (Lipinski definition) is 0. The van der Waals surface area contributed by atoms with Gasteiger partial charge >= 0.3 is 0 Å². The fourth-order valence-electron chi connectivity index (χ4n) is 1.38. The second-order valence-electron chi connectivity index (χ2n) is 2.85. The number of carbonyl (C=O) groups excluding carboxylic acids is 1. The van der Waals surface area contributed by atoms with Crippen molar-refractivity contribution >= 4 is 23.0 Å². The lowest BCUT2D eigenvalue weighted by Crippen LogP contribution is -1.70. The van der Waals surface area contributed by atoms with Gasteiger partial charge in [-0.1, -0.05) is 18.2 Å². The van der Waals surface area contributed by atoms with Crippen molar-refractivity contribution in [2.24, 2.45) is 0 Å². The molecule has 64 valence electrons. The number of hydrogen-bond acceptors (Lipinski definition) is 2. The van der Waals surface area contributed by atoms with Crippen molar-refractivity contribution in [3.63, 3.8) is 0 Å². The van der Waals surface area contributed by atoms with E-state index in [0.29, 0.717) is 5.76 Å². The maximum absolute atomic E-state index is 10.2. The normalized spacial score (nSPS) is 9.92. The van der Waals surface area contributed by atoms with Crippen molar-refractivity contribution in [3.8, 4) is 0 Å². The first kappa shape index (κ1) is 7.84. The average Bonchev–Trinajstić information content (AvgIpc) is 2.46. The molecular formula is C11H8O2. The standard InChI is InChI=1S/C11H8O2/c1-8-9-4-2-3-5-11(9)13-10(8)6-7-12/h2-6H,1H3. The molecule has 0 saturated heterocycles. The molecular weight excluding hydrogens is 164 g/mol. The lowest BCUT2D eigenvalue weighted by molar-refractivity contribution is 0.568. The summed E-state index contributed by atoms with van der Waals surface area (Å²) in [5.74, 6) is 2.31. The van der Waals surface area contributed by atoms with Gasteiger partial charge in [0.1, 0.15) is 17.3 Å². The Morgan fingerprint density at radius 3 is 2.85 bits per heavy atom. The third-order valence-electron chi connectivity index (χ3n) is 2.07. The van der Waals surface area contributed by atoms with Gasteiger partial charge in [-0.3, -0.25) is 0 Å². The van der Waals surface area contributed by atoms with Crippen LogP contribution in [0, 0.1) is 6.92 Å². The van der Waals surface area contributed by atoms with Crippen molar-refractivity contribution in [2.75, 3.05) is 0 Å². The van der Waals surface area contributed by atoms with Gasteiger partial charge in [-0.15, -0.1) is 0 Å². The van der Waals surface area contributed by atoms with E-state index in [1.54, 1.807) is 5.94 Å². The van der Waals surface area contributed by atoms with Crippen LogP contribution in [0.2, 0.25) is 0 Å². The molecule has 0 atom stereocenters. The Hall–Kier alpha value is -1.79. The van der Waals surface area contributed by atoms with Gasteiger partial charge in [-0.05, 0) is 13.0 Å². The van der Waals surface area contributed by atoms with Gasteiger partial charge in [0.05, 0.1) is 6.08 Å². The van der Waals surface area contributed by atoms with E-state index in [1.807, 2.05) is 31.2 Å². The number of aryl methyl sites for hydroxylation is 1. The molecule has 2 nitrogen and oxygen atoms in total. The summed E-state index contributed by atoms with van der Waals surface area (Å²) in [7, 11) is 0. The summed E-state index contributed by atoms with van der Waals surface area (Å²) in [6, 6.07) is 7.69. The Kier molecular flexibility index (Phi) is 1.76. The van der Waals surface area contributed by atoms with E-state index in [-0.39, 0.29) is 0 Å². The number of benzene rings is 1. The third kappa shape index (κ3) is 1.17. The number of fused-ring (bicyclic) bond motifs is 1. The molecule has 0 bridgehead atoms. The number of para-hydroxylation sites is 1. The largest absolute Gasteiger partial charge is 0.456 e. The highest BCUT2D eigenvalue weighted by atomic mass is 16.3. The highest BCUT2D eigenvalue weighted by Gasteiger charge is 2.06. The molecule has 2 heteroatoms. The van der Waals surface area contributed by atoms with Crippen LogP contribution in [0.5, 0.6) is 0 Å². The maximum Gasteiger partial charge on any atom is 0.142 e. The monoisotopic (exact) mass is 172 g/mol. The maximum atomic E-state index is 10.2. The highest BCUT2D eigenvalue weighted by molar-refractivity contribution is 5.87. The van der Waals surface area contributed by atoms with Crippen LogP contribution in [0.15, 0.2) is 28.7 Å². The lowest BCUT2D eigenvalue weighted by Gasteiger charge is -1.85. The molecule has 0 unspecified atom stereocenters. The Balaban J connectivity index is 2.80. The van der Waals surface area contributed by atoms with E-state index in [2.05, 4.69) is 0 Å². The molecule has 0 amide bonds. The SMILES string of the molecule is Cc1c(C=C=O)oc2ccccc12. The number of furan rings is 1. The lowest BCUT2D eigenvalue weighted by atomic mass is 10.1. The van der Waals surface area contributed by atoms with E-state index in [4.69, 9.17) is 4.42 Å². The van der Waals surface area contributed by atoms with E-state index in [0.717, 1.165) is 16.5 Å². The molecule has 0 fully saturated rings. The van der Waals surface area contributed by atoms with Crippen molar-refractivity contribution in [1.29, 1.82) is 0 Å². The van der Waals surface area contributed by atoms with E-state index in [1.165, 1.54) is 6.08 Å². The zero-order chi connectivity index (χ0) is 9.26.